The zero-order valence-electron chi connectivity index (χ0n) is 6.37. The van der Waals surface area contributed by atoms with Crippen LogP contribution in [0.3, 0.4) is 0 Å². The molecule has 0 atom stereocenters. The predicted octanol–water partition coefficient (Wildman–Crippen LogP) is 2.70. The predicted molar refractivity (Wildman–Crippen MR) is 35.2 cm³/mol. The van der Waals surface area contributed by atoms with Crippen LogP contribution in [-0.4, -0.2) is 12.0 Å². The van der Waals surface area contributed by atoms with Crippen LogP contribution in [0.4, 0.5) is 13.2 Å². The van der Waals surface area contributed by atoms with Gasteiger partial charge in [-0.1, -0.05) is 0 Å². The Bertz CT molecular complexity index is 128. The van der Waals surface area contributed by atoms with Gasteiger partial charge in [-0.3, -0.25) is 0 Å². The van der Waals surface area contributed by atoms with Crippen LogP contribution in [0, 0.1) is 0 Å². The molecule has 0 aliphatic carbocycles. The average molecular weight is 168 g/mol. The summed E-state index contributed by atoms with van der Waals surface area (Å²) in [6.45, 7) is 1.38. The second kappa shape index (κ2) is 4.36. The van der Waals surface area contributed by atoms with Crippen LogP contribution in [0.15, 0.2) is 0 Å². The number of Topliss-reactive ketones (excluding diaryl/α,β-unsaturated/α-hetero) is 1. The number of halogens is 3. The zero-order chi connectivity index (χ0) is 8.91. The van der Waals surface area contributed by atoms with Crippen LogP contribution in [-0.2, 0) is 4.79 Å². The van der Waals surface area contributed by atoms with Gasteiger partial charge >= 0.3 is 6.18 Å². The van der Waals surface area contributed by atoms with Crippen molar-refractivity contribution in [3.63, 3.8) is 0 Å². The van der Waals surface area contributed by atoms with Crippen LogP contribution >= 0.6 is 0 Å². The number of unbranched alkanes of at least 4 members (excludes halogenated alkanes) is 1. The van der Waals surface area contributed by atoms with Gasteiger partial charge in [0, 0.05) is 12.8 Å². The van der Waals surface area contributed by atoms with Crippen molar-refractivity contribution in [1.82, 2.24) is 0 Å². The van der Waals surface area contributed by atoms with Crippen molar-refractivity contribution in [2.24, 2.45) is 0 Å². The van der Waals surface area contributed by atoms with Crippen molar-refractivity contribution in [2.45, 2.75) is 38.8 Å². The fourth-order valence-corrected chi connectivity index (χ4v) is 0.699. The number of rotatable bonds is 4. The lowest BCUT2D eigenvalue weighted by molar-refractivity contribution is -0.136. The van der Waals surface area contributed by atoms with Gasteiger partial charge in [-0.2, -0.15) is 13.2 Å². The lowest BCUT2D eigenvalue weighted by atomic mass is 10.1. The van der Waals surface area contributed by atoms with E-state index in [-0.39, 0.29) is 18.6 Å². The van der Waals surface area contributed by atoms with Gasteiger partial charge in [-0.15, -0.1) is 0 Å². The lowest BCUT2D eigenvalue weighted by Crippen LogP contribution is -2.06. The Balaban J connectivity index is 3.22. The number of alkyl halides is 3. The van der Waals surface area contributed by atoms with Gasteiger partial charge in [-0.05, 0) is 19.8 Å². The third-order valence-corrected chi connectivity index (χ3v) is 1.24. The van der Waals surface area contributed by atoms with Crippen LogP contribution in [0.2, 0.25) is 0 Å². The van der Waals surface area contributed by atoms with E-state index in [4.69, 9.17) is 0 Å². The van der Waals surface area contributed by atoms with E-state index in [0.717, 1.165) is 0 Å². The maximum Gasteiger partial charge on any atom is 0.389 e. The molecule has 11 heavy (non-hydrogen) atoms. The standard InChI is InChI=1S/C7H11F3O/c1-6(11)4-2-3-5-7(8,9)10/h2-5H2,1H3. The highest BCUT2D eigenvalue weighted by atomic mass is 19.4. The Labute approximate surface area is 63.6 Å². The van der Waals surface area contributed by atoms with Crippen molar-refractivity contribution in [2.75, 3.05) is 0 Å². The molecule has 0 aliphatic rings. The van der Waals surface area contributed by atoms with E-state index in [0.29, 0.717) is 6.42 Å². The summed E-state index contributed by atoms with van der Waals surface area (Å²) in [5, 5.41) is 0. The SMILES string of the molecule is CC(=O)CCCCC(F)(F)F. The Hall–Kier alpha value is -0.540. The molecule has 0 amide bonds. The maximum absolute atomic E-state index is 11.5. The molecule has 1 nitrogen and oxygen atoms in total. The molecule has 0 aromatic rings. The van der Waals surface area contributed by atoms with Crippen LogP contribution in [0.25, 0.3) is 0 Å². The summed E-state index contributed by atoms with van der Waals surface area (Å²) < 4.78 is 34.5. The van der Waals surface area contributed by atoms with Crippen molar-refractivity contribution in [3.05, 3.63) is 0 Å². The molecule has 0 heterocycles. The molecule has 0 unspecified atom stereocenters. The monoisotopic (exact) mass is 168 g/mol. The third kappa shape index (κ3) is 9.46. The first-order valence-electron chi connectivity index (χ1n) is 3.48. The first-order valence-corrected chi connectivity index (χ1v) is 3.48. The molecule has 0 bridgehead atoms. The summed E-state index contributed by atoms with van der Waals surface area (Å²) in [5.41, 5.74) is 0. The van der Waals surface area contributed by atoms with Gasteiger partial charge in [0.15, 0.2) is 0 Å². The molecule has 0 aliphatic heterocycles. The van der Waals surface area contributed by atoms with Crippen LogP contribution < -0.4 is 0 Å². The number of carbonyl (C=O) groups is 1. The fraction of sp³-hybridized carbons (Fsp3) is 0.857. The van der Waals surface area contributed by atoms with Gasteiger partial charge in [0.05, 0.1) is 0 Å². The molecule has 0 aromatic carbocycles. The van der Waals surface area contributed by atoms with Gasteiger partial charge in [0.2, 0.25) is 0 Å². The van der Waals surface area contributed by atoms with Crippen LogP contribution in [0.5, 0.6) is 0 Å². The van der Waals surface area contributed by atoms with Gasteiger partial charge < -0.3 is 4.79 Å². The number of hydrogen-bond donors (Lipinski definition) is 0. The Kier molecular flexibility index (Phi) is 4.15. The van der Waals surface area contributed by atoms with E-state index in [1.165, 1.54) is 6.92 Å². The molecule has 0 rings (SSSR count). The van der Waals surface area contributed by atoms with Crippen molar-refractivity contribution in [1.29, 1.82) is 0 Å². The Morgan fingerprint density at radius 3 is 2.18 bits per heavy atom. The average Bonchev–Trinajstić information content (AvgIpc) is 1.78. The molecule has 0 spiro atoms. The smallest absolute Gasteiger partial charge is 0.300 e. The quantitative estimate of drug-likeness (QED) is 0.590. The van der Waals surface area contributed by atoms with E-state index in [9.17, 15) is 18.0 Å². The fourth-order valence-electron chi connectivity index (χ4n) is 0.699. The molecule has 0 N–H and O–H groups in total. The molecular weight excluding hydrogens is 157 g/mol. The minimum Gasteiger partial charge on any atom is -0.300 e. The highest BCUT2D eigenvalue weighted by molar-refractivity contribution is 5.75. The van der Waals surface area contributed by atoms with Crippen molar-refractivity contribution in [3.8, 4) is 0 Å². The third-order valence-electron chi connectivity index (χ3n) is 1.24. The van der Waals surface area contributed by atoms with E-state index >= 15 is 0 Å². The highest BCUT2D eigenvalue weighted by Gasteiger charge is 2.25. The van der Waals surface area contributed by atoms with E-state index < -0.39 is 12.6 Å². The van der Waals surface area contributed by atoms with Gasteiger partial charge in [-0.25, -0.2) is 0 Å². The Morgan fingerprint density at radius 1 is 1.27 bits per heavy atom. The van der Waals surface area contributed by atoms with E-state index in [2.05, 4.69) is 0 Å². The lowest BCUT2D eigenvalue weighted by Gasteiger charge is -2.03. The second-order valence-corrected chi connectivity index (χ2v) is 2.52. The summed E-state index contributed by atoms with van der Waals surface area (Å²) in [5.74, 6) is -0.0489. The summed E-state index contributed by atoms with van der Waals surface area (Å²) in [7, 11) is 0. The summed E-state index contributed by atoms with van der Waals surface area (Å²) in [4.78, 5) is 10.3. The topological polar surface area (TPSA) is 17.1 Å². The minimum absolute atomic E-state index is 0.0489. The second-order valence-electron chi connectivity index (χ2n) is 2.52. The van der Waals surface area contributed by atoms with E-state index in [1.807, 2.05) is 0 Å². The number of hydrogen-bond acceptors (Lipinski definition) is 1. The first kappa shape index (κ1) is 10.5. The molecule has 0 radical (unpaired) electrons. The maximum atomic E-state index is 11.5. The van der Waals surface area contributed by atoms with Crippen LogP contribution in [0.1, 0.15) is 32.6 Å². The number of ketones is 1. The van der Waals surface area contributed by atoms with Gasteiger partial charge in [0.25, 0.3) is 0 Å². The minimum atomic E-state index is -4.07. The molecule has 0 saturated carbocycles. The van der Waals surface area contributed by atoms with Gasteiger partial charge in [0.1, 0.15) is 5.78 Å². The molecule has 0 saturated heterocycles. The highest BCUT2D eigenvalue weighted by Crippen LogP contribution is 2.22. The Morgan fingerprint density at radius 2 is 1.82 bits per heavy atom. The summed E-state index contributed by atoms with van der Waals surface area (Å²) in [6, 6.07) is 0. The zero-order valence-corrected chi connectivity index (χ0v) is 6.37. The first-order chi connectivity index (χ1) is 4.92. The van der Waals surface area contributed by atoms with E-state index in [1.54, 1.807) is 0 Å². The molecule has 4 heteroatoms. The molecular formula is C7H11F3O. The molecule has 0 fully saturated rings. The van der Waals surface area contributed by atoms with Crippen molar-refractivity contribution >= 4 is 5.78 Å². The molecule has 0 aromatic heterocycles. The summed E-state index contributed by atoms with van der Waals surface area (Å²) >= 11 is 0. The normalized spacial score (nSPS) is 11.6. The molecule has 66 valence electrons. The largest absolute Gasteiger partial charge is 0.389 e. The summed E-state index contributed by atoms with van der Waals surface area (Å²) in [6.07, 6.45) is -4.19. The number of carbonyl (C=O) groups excluding carboxylic acids is 1. The van der Waals surface area contributed by atoms with Crippen molar-refractivity contribution < 1.29 is 18.0 Å².